The van der Waals surface area contributed by atoms with Crippen LogP contribution in [-0.2, 0) is 0 Å². The Kier molecular flexibility index (Phi) is 6.96. The number of rotatable bonds is 7. The third kappa shape index (κ3) is 5.28. The highest BCUT2D eigenvalue weighted by Gasteiger charge is 2.18. The number of carbonyl (C=O) groups excluding carboxylic acids is 1. The second kappa shape index (κ2) is 9.63. The van der Waals surface area contributed by atoms with E-state index in [0.717, 1.165) is 30.8 Å². The lowest BCUT2D eigenvalue weighted by Crippen LogP contribution is -2.30. The number of piperidine rings is 1. The molecule has 150 valence electrons. The molecule has 1 aliphatic rings. The van der Waals surface area contributed by atoms with Crippen LogP contribution in [0.4, 0.5) is 5.69 Å². The van der Waals surface area contributed by atoms with Crippen LogP contribution < -0.4 is 15.0 Å². The summed E-state index contributed by atoms with van der Waals surface area (Å²) in [5, 5.41) is 3.22. The molecule has 0 aromatic heterocycles. The van der Waals surface area contributed by atoms with Crippen LogP contribution in [0.2, 0.25) is 0 Å². The van der Waals surface area contributed by atoms with Gasteiger partial charge in [-0.25, -0.2) is 0 Å². The van der Waals surface area contributed by atoms with E-state index >= 15 is 0 Å². The van der Waals surface area contributed by atoms with Gasteiger partial charge in [-0.2, -0.15) is 0 Å². The molecule has 2 aromatic carbocycles. The standard InChI is InChI=1S/C24H32N2O2/c1-18(2)17-23(19-9-13-22(28-3)14-10-19)25-24(27)20-7-11-21(12-8-20)26-15-5-4-6-16-26/h7-14,18,23H,4-6,15-17H2,1-3H3,(H,25,27)/t23-/m0/s1. The van der Waals surface area contributed by atoms with E-state index in [1.807, 2.05) is 36.4 Å². The van der Waals surface area contributed by atoms with Gasteiger partial charge in [0.2, 0.25) is 0 Å². The largest absolute Gasteiger partial charge is 0.497 e. The van der Waals surface area contributed by atoms with Gasteiger partial charge in [-0.15, -0.1) is 0 Å². The van der Waals surface area contributed by atoms with Crippen molar-refractivity contribution in [2.24, 2.45) is 5.92 Å². The van der Waals surface area contributed by atoms with Gasteiger partial charge in [-0.3, -0.25) is 4.79 Å². The van der Waals surface area contributed by atoms with Crippen molar-refractivity contribution in [3.63, 3.8) is 0 Å². The van der Waals surface area contributed by atoms with Gasteiger partial charge in [0.1, 0.15) is 5.75 Å². The Hall–Kier alpha value is -2.49. The highest BCUT2D eigenvalue weighted by atomic mass is 16.5. The first-order valence-corrected chi connectivity index (χ1v) is 10.4. The predicted molar refractivity (Wildman–Crippen MR) is 115 cm³/mol. The summed E-state index contributed by atoms with van der Waals surface area (Å²) in [6.45, 7) is 6.57. The van der Waals surface area contributed by atoms with Crippen molar-refractivity contribution in [2.45, 2.75) is 45.6 Å². The molecular formula is C24H32N2O2. The lowest BCUT2D eigenvalue weighted by atomic mass is 9.96. The van der Waals surface area contributed by atoms with Crippen molar-refractivity contribution >= 4 is 11.6 Å². The number of nitrogens with one attached hydrogen (secondary N) is 1. The molecule has 4 nitrogen and oxygen atoms in total. The van der Waals surface area contributed by atoms with Crippen LogP contribution in [0.1, 0.15) is 61.5 Å². The molecule has 4 heteroatoms. The van der Waals surface area contributed by atoms with Crippen LogP contribution in [0.25, 0.3) is 0 Å². The minimum atomic E-state index is -0.0216. The molecule has 0 radical (unpaired) electrons. The second-order valence-corrected chi connectivity index (χ2v) is 8.02. The van der Waals surface area contributed by atoms with Crippen LogP contribution in [0.3, 0.4) is 0 Å². The molecule has 1 heterocycles. The third-order valence-corrected chi connectivity index (χ3v) is 5.38. The number of hydrogen-bond acceptors (Lipinski definition) is 3. The lowest BCUT2D eigenvalue weighted by Gasteiger charge is -2.29. The SMILES string of the molecule is COc1ccc([C@H](CC(C)C)NC(=O)c2ccc(N3CCCCC3)cc2)cc1. The van der Waals surface area contributed by atoms with Gasteiger partial charge < -0.3 is 15.0 Å². The van der Waals surface area contributed by atoms with Crippen molar-refractivity contribution in [1.82, 2.24) is 5.32 Å². The van der Waals surface area contributed by atoms with Crippen molar-refractivity contribution in [1.29, 1.82) is 0 Å². The Morgan fingerprint density at radius 3 is 2.21 bits per heavy atom. The van der Waals surface area contributed by atoms with Crippen molar-refractivity contribution < 1.29 is 9.53 Å². The van der Waals surface area contributed by atoms with E-state index in [9.17, 15) is 4.79 Å². The van der Waals surface area contributed by atoms with E-state index in [-0.39, 0.29) is 11.9 Å². The number of hydrogen-bond donors (Lipinski definition) is 1. The van der Waals surface area contributed by atoms with Crippen molar-refractivity contribution in [3.8, 4) is 5.75 Å². The Labute approximate surface area is 168 Å². The van der Waals surface area contributed by atoms with Gasteiger partial charge in [0.05, 0.1) is 13.2 Å². The molecule has 1 aliphatic heterocycles. The Morgan fingerprint density at radius 1 is 1.00 bits per heavy atom. The van der Waals surface area contributed by atoms with E-state index in [1.54, 1.807) is 7.11 Å². The maximum atomic E-state index is 12.9. The molecule has 0 bridgehead atoms. The number of benzene rings is 2. The quantitative estimate of drug-likeness (QED) is 0.717. The predicted octanol–water partition coefficient (Wildman–Crippen LogP) is 5.20. The molecular weight excluding hydrogens is 348 g/mol. The summed E-state index contributed by atoms with van der Waals surface area (Å²) in [7, 11) is 1.66. The number of amides is 1. The van der Waals surface area contributed by atoms with Gasteiger partial charge in [-0.1, -0.05) is 26.0 Å². The number of methoxy groups -OCH3 is 1. The number of carbonyl (C=O) groups is 1. The van der Waals surface area contributed by atoms with E-state index in [2.05, 4.69) is 36.2 Å². The van der Waals surface area contributed by atoms with E-state index in [0.29, 0.717) is 11.5 Å². The fourth-order valence-corrected chi connectivity index (χ4v) is 3.80. The van der Waals surface area contributed by atoms with Crippen LogP contribution in [0, 0.1) is 5.92 Å². The zero-order chi connectivity index (χ0) is 19.9. The number of nitrogens with zero attached hydrogens (tertiary/aromatic N) is 1. The first kappa shape index (κ1) is 20.2. The third-order valence-electron chi connectivity index (χ3n) is 5.38. The highest BCUT2D eigenvalue weighted by molar-refractivity contribution is 5.94. The van der Waals surface area contributed by atoms with Crippen LogP contribution in [0.5, 0.6) is 5.75 Å². The monoisotopic (exact) mass is 380 g/mol. The van der Waals surface area contributed by atoms with E-state index in [1.165, 1.54) is 24.9 Å². The Balaban J connectivity index is 1.69. The zero-order valence-corrected chi connectivity index (χ0v) is 17.3. The first-order chi connectivity index (χ1) is 13.6. The van der Waals surface area contributed by atoms with Gasteiger partial charge in [0, 0.05) is 24.3 Å². The first-order valence-electron chi connectivity index (χ1n) is 10.4. The maximum Gasteiger partial charge on any atom is 0.251 e. The fourth-order valence-electron chi connectivity index (χ4n) is 3.80. The molecule has 3 rings (SSSR count). The second-order valence-electron chi connectivity index (χ2n) is 8.02. The minimum Gasteiger partial charge on any atom is -0.497 e. The molecule has 0 saturated carbocycles. The minimum absolute atomic E-state index is 0.0137. The van der Waals surface area contributed by atoms with Gasteiger partial charge >= 0.3 is 0 Å². The van der Waals surface area contributed by atoms with Gasteiger partial charge in [0.25, 0.3) is 5.91 Å². The summed E-state index contributed by atoms with van der Waals surface area (Å²) < 4.78 is 5.25. The summed E-state index contributed by atoms with van der Waals surface area (Å²) in [5.74, 6) is 1.28. The molecule has 0 spiro atoms. The van der Waals surface area contributed by atoms with E-state index in [4.69, 9.17) is 4.74 Å². The molecule has 0 aliphatic carbocycles. The van der Waals surface area contributed by atoms with Crippen LogP contribution in [0.15, 0.2) is 48.5 Å². The number of anilines is 1. The topological polar surface area (TPSA) is 41.6 Å². The van der Waals surface area contributed by atoms with Gasteiger partial charge in [-0.05, 0) is 73.6 Å². The summed E-state index contributed by atoms with van der Waals surface area (Å²) in [6.07, 6.45) is 4.71. The zero-order valence-electron chi connectivity index (χ0n) is 17.3. The fraction of sp³-hybridized carbons (Fsp3) is 0.458. The summed E-state index contributed by atoms with van der Waals surface area (Å²) in [5.41, 5.74) is 3.03. The Bertz CT molecular complexity index is 747. The number of ether oxygens (including phenoxy) is 1. The summed E-state index contributed by atoms with van der Waals surface area (Å²) in [6, 6.07) is 16.0. The van der Waals surface area contributed by atoms with Crippen LogP contribution >= 0.6 is 0 Å². The normalized spacial score (nSPS) is 15.4. The average Bonchev–Trinajstić information content (AvgIpc) is 2.74. The summed E-state index contributed by atoms with van der Waals surface area (Å²) >= 11 is 0. The Morgan fingerprint density at radius 2 is 1.64 bits per heavy atom. The highest BCUT2D eigenvalue weighted by Crippen LogP contribution is 2.25. The summed E-state index contributed by atoms with van der Waals surface area (Å²) in [4.78, 5) is 15.3. The average molecular weight is 381 g/mol. The van der Waals surface area contributed by atoms with Crippen LogP contribution in [-0.4, -0.2) is 26.1 Å². The molecule has 28 heavy (non-hydrogen) atoms. The molecule has 2 aromatic rings. The molecule has 1 N–H and O–H groups in total. The maximum absolute atomic E-state index is 12.9. The van der Waals surface area contributed by atoms with E-state index < -0.39 is 0 Å². The van der Waals surface area contributed by atoms with Crippen molar-refractivity contribution in [3.05, 3.63) is 59.7 Å². The molecule has 1 saturated heterocycles. The smallest absolute Gasteiger partial charge is 0.251 e. The molecule has 0 unspecified atom stereocenters. The van der Waals surface area contributed by atoms with Crippen molar-refractivity contribution in [2.75, 3.05) is 25.1 Å². The van der Waals surface area contributed by atoms with Gasteiger partial charge in [0.15, 0.2) is 0 Å². The molecule has 1 amide bonds. The molecule has 1 atom stereocenters. The molecule has 1 fully saturated rings. The lowest BCUT2D eigenvalue weighted by molar-refractivity contribution is 0.0932.